The summed E-state index contributed by atoms with van der Waals surface area (Å²) in [7, 11) is 0. The summed E-state index contributed by atoms with van der Waals surface area (Å²) in [5.41, 5.74) is -1.14. The lowest BCUT2D eigenvalue weighted by molar-refractivity contribution is -0.155. The third-order valence-electron chi connectivity index (χ3n) is 2.74. The number of epoxide rings is 1. The highest BCUT2D eigenvalue weighted by molar-refractivity contribution is 5.98. The van der Waals surface area contributed by atoms with Crippen LogP contribution in [0, 0.1) is 5.92 Å². The number of esters is 2. The largest absolute Gasteiger partial charge is 0.465 e. The fourth-order valence-corrected chi connectivity index (χ4v) is 1.63. The normalized spacial score (nSPS) is 23.1. The summed E-state index contributed by atoms with van der Waals surface area (Å²) in [6.07, 6.45) is -0.0139. The molecule has 0 bridgehead atoms. The van der Waals surface area contributed by atoms with Gasteiger partial charge in [0, 0.05) is 6.42 Å². The van der Waals surface area contributed by atoms with Crippen LogP contribution in [0.3, 0.4) is 0 Å². The van der Waals surface area contributed by atoms with Crippen LogP contribution in [-0.2, 0) is 28.6 Å². The Morgan fingerprint density at radius 1 is 1.22 bits per heavy atom. The molecule has 0 saturated carbocycles. The lowest BCUT2D eigenvalue weighted by atomic mass is 9.92. The van der Waals surface area contributed by atoms with Crippen LogP contribution in [-0.4, -0.2) is 43.1 Å². The summed E-state index contributed by atoms with van der Waals surface area (Å²) in [6.45, 7) is 5.23. The van der Waals surface area contributed by atoms with E-state index in [1.807, 2.05) is 0 Å². The first-order valence-corrected chi connectivity index (χ1v) is 5.95. The van der Waals surface area contributed by atoms with Crippen LogP contribution in [0.2, 0.25) is 0 Å². The highest BCUT2D eigenvalue weighted by Gasteiger charge is 2.56. The molecule has 0 aromatic carbocycles. The second-order valence-electron chi connectivity index (χ2n) is 4.12. The van der Waals surface area contributed by atoms with Crippen molar-refractivity contribution in [2.75, 3.05) is 19.8 Å². The van der Waals surface area contributed by atoms with Crippen LogP contribution in [0.15, 0.2) is 0 Å². The van der Waals surface area contributed by atoms with Crippen molar-refractivity contribution in [1.29, 1.82) is 0 Å². The summed E-state index contributed by atoms with van der Waals surface area (Å²) in [6, 6.07) is 0. The number of carbonyl (C=O) groups is 3. The van der Waals surface area contributed by atoms with Crippen molar-refractivity contribution >= 4 is 17.7 Å². The van der Waals surface area contributed by atoms with Crippen LogP contribution in [0.5, 0.6) is 0 Å². The maximum Gasteiger partial charge on any atom is 0.340 e. The molecule has 1 saturated heterocycles. The number of ketones is 1. The zero-order valence-corrected chi connectivity index (χ0v) is 10.9. The summed E-state index contributed by atoms with van der Waals surface area (Å²) >= 11 is 0. The Morgan fingerprint density at radius 3 is 2.17 bits per heavy atom. The summed E-state index contributed by atoms with van der Waals surface area (Å²) in [5, 5.41) is 0. The first-order valence-electron chi connectivity index (χ1n) is 5.95. The van der Waals surface area contributed by atoms with E-state index in [1.54, 1.807) is 13.8 Å². The maximum atomic E-state index is 11.7. The molecule has 2 atom stereocenters. The quantitative estimate of drug-likeness (QED) is 0.375. The lowest BCUT2D eigenvalue weighted by Gasteiger charge is -2.16. The van der Waals surface area contributed by atoms with Crippen LogP contribution in [0.1, 0.15) is 27.2 Å². The van der Waals surface area contributed by atoms with Gasteiger partial charge in [-0.3, -0.25) is 9.59 Å². The van der Waals surface area contributed by atoms with Crippen molar-refractivity contribution in [1.82, 2.24) is 0 Å². The second kappa shape index (κ2) is 5.95. The molecule has 0 radical (unpaired) electrons. The molecule has 1 heterocycles. The van der Waals surface area contributed by atoms with Gasteiger partial charge in [0.1, 0.15) is 11.7 Å². The van der Waals surface area contributed by atoms with E-state index in [4.69, 9.17) is 14.2 Å². The molecule has 0 aliphatic carbocycles. The number of ether oxygens (including phenoxy) is 3. The van der Waals surface area contributed by atoms with Crippen LogP contribution in [0.4, 0.5) is 0 Å². The third-order valence-corrected chi connectivity index (χ3v) is 2.74. The zero-order chi connectivity index (χ0) is 13.8. The Bertz CT molecular complexity index is 344. The minimum Gasteiger partial charge on any atom is -0.465 e. The summed E-state index contributed by atoms with van der Waals surface area (Å²) < 4.78 is 14.8. The summed E-state index contributed by atoms with van der Waals surface area (Å²) in [4.78, 5) is 34.7. The van der Waals surface area contributed by atoms with Crippen molar-refractivity contribution in [2.24, 2.45) is 5.92 Å². The number of Topliss-reactive ketones (excluding diaryl/α,β-unsaturated/α-hetero) is 1. The van der Waals surface area contributed by atoms with E-state index in [-0.39, 0.29) is 32.0 Å². The number of carbonyl (C=O) groups excluding carboxylic acids is 3. The van der Waals surface area contributed by atoms with Gasteiger partial charge in [-0.25, -0.2) is 4.79 Å². The molecule has 1 aliphatic rings. The van der Waals surface area contributed by atoms with E-state index in [1.165, 1.54) is 6.92 Å². The van der Waals surface area contributed by atoms with E-state index < -0.39 is 23.5 Å². The molecule has 0 aromatic rings. The molecule has 1 rings (SSSR count). The predicted octanol–water partition coefficient (Wildman–Crippen LogP) is 0.477. The van der Waals surface area contributed by atoms with Gasteiger partial charge in [-0.1, -0.05) is 0 Å². The molecule has 6 nitrogen and oxygen atoms in total. The Morgan fingerprint density at radius 2 is 1.78 bits per heavy atom. The van der Waals surface area contributed by atoms with Gasteiger partial charge in [-0.2, -0.15) is 0 Å². The zero-order valence-electron chi connectivity index (χ0n) is 10.9. The van der Waals surface area contributed by atoms with Gasteiger partial charge in [0.25, 0.3) is 0 Å². The molecule has 18 heavy (non-hydrogen) atoms. The lowest BCUT2D eigenvalue weighted by Crippen LogP contribution is -2.35. The molecule has 1 fully saturated rings. The minimum atomic E-state index is -1.14. The third kappa shape index (κ3) is 3.29. The SMILES string of the molecule is CCOC(=O)C(CC1(C(=O)OCC)CO1)C(C)=O. The molecular weight excluding hydrogens is 240 g/mol. The highest BCUT2D eigenvalue weighted by Crippen LogP contribution is 2.36. The van der Waals surface area contributed by atoms with Crippen LogP contribution in [0.25, 0.3) is 0 Å². The van der Waals surface area contributed by atoms with Gasteiger partial charge < -0.3 is 14.2 Å². The van der Waals surface area contributed by atoms with Crippen LogP contribution >= 0.6 is 0 Å². The van der Waals surface area contributed by atoms with E-state index in [0.717, 1.165) is 0 Å². The Kier molecular flexibility index (Phi) is 4.84. The first-order chi connectivity index (χ1) is 8.46. The van der Waals surface area contributed by atoms with Crippen molar-refractivity contribution in [3.8, 4) is 0 Å². The molecule has 6 heteroatoms. The number of hydrogen-bond acceptors (Lipinski definition) is 6. The van der Waals surface area contributed by atoms with Gasteiger partial charge in [0.2, 0.25) is 0 Å². The van der Waals surface area contributed by atoms with E-state index in [9.17, 15) is 14.4 Å². The molecule has 1 aliphatic heterocycles. The van der Waals surface area contributed by atoms with Crippen molar-refractivity contribution < 1.29 is 28.6 Å². The number of hydrogen-bond donors (Lipinski definition) is 0. The average molecular weight is 258 g/mol. The molecule has 102 valence electrons. The van der Waals surface area contributed by atoms with Gasteiger partial charge in [0.15, 0.2) is 5.60 Å². The summed E-state index contributed by atoms with van der Waals surface area (Å²) in [5.74, 6) is -2.46. The monoisotopic (exact) mass is 258 g/mol. The van der Waals surface area contributed by atoms with E-state index >= 15 is 0 Å². The van der Waals surface area contributed by atoms with Gasteiger partial charge in [-0.05, 0) is 20.8 Å². The van der Waals surface area contributed by atoms with E-state index in [0.29, 0.717) is 0 Å². The van der Waals surface area contributed by atoms with Gasteiger partial charge in [0.05, 0.1) is 19.8 Å². The molecule has 0 spiro atoms. The standard InChI is InChI=1S/C12H18O6/c1-4-16-10(14)9(8(3)13)6-12(7-18-12)11(15)17-5-2/h9H,4-7H2,1-3H3. The smallest absolute Gasteiger partial charge is 0.340 e. The Labute approximate surface area is 106 Å². The maximum absolute atomic E-state index is 11.7. The fourth-order valence-electron chi connectivity index (χ4n) is 1.63. The predicted molar refractivity (Wildman–Crippen MR) is 60.7 cm³/mol. The van der Waals surface area contributed by atoms with Crippen molar-refractivity contribution in [3.05, 3.63) is 0 Å². The van der Waals surface area contributed by atoms with Crippen molar-refractivity contribution in [3.63, 3.8) is 0 Å². The Hall–Kier alpha value is -1.43. The van der Waals surface area contributed by atoms with Gasteiger partial charge in [-0.15, -0.1) is 0 Å². The average Bonchev–Trinajstić information content (AvgIpc) is 3.07. The van der Waals surface area contributed by atoms with Gasteiger partial charge >= 0.3 is 11.9 Å². The minimum absolute atomic E-state index is 0.0139. The van der Waals surface area contributed by atoms with Crippen LogP contribution < -0.4 is 0 Å². The van der Waals surface area contributed by atoms with Crippen molar-refractivity contribution in [2.45, 2.75) is 32.8 Å². The molecular formula is C12H18O6. The van der Waals surface area contributed by atoms with E-state index in [2.05, 4.69) is 0 Å². The fraction of sp³-hybridized carbons (Fsp3) is 0.750. The number of rotatable bonds is 7. The topological polar surface area (TPSA) is 82.2 Å². The first kappa shape index (κ1) is 14.6. The highest BCUT2D eigenvalue weighted by atomic mass is 16.6. The molecule has 2 unspecified atom stereocenters. The molecule has 0 N–H and O–H groups in total. The second-order valence-corrected chi connectivity index (χ2v) is 4.12. The molecule has 0 amide bonds. The Balaban J connectivity index is 2.70. The molecule has 0 aromatic heterocycles.